The van der Waals surface area contributed by atoms with Crippen LogP contribution in [0.2, 0.25) is 0 Å². The normalized spacial score (nSPS) is 12.7. The SMILES string of the molecule is COC(=O)CN(C)C(=O)C(NCc1ccccc1)(c1ccc(N(Cc2ccccc2)Cc2ccccc2)cc1)C(F)(F)F. The molecule has 224 valence electrons. The molecule has 1 unspecified atom stereocenters. The maximum Gasteiger partial charge on any atom is 0.419 e. The number of anilines is 1. The van der Waals surface area contributed by atoms with Crippen molar-refractivity contribution in [3.8, 4) is 0 Å². The van der Waals surface area contributed by atoms with Gasteiger partial charge in [-0.15, -0.1) is 0 Å². The Morgan fingerprint density at radius 3 is 1.63 bits per heavy atom. The Labute approximate surface area is 249 Å². The average molecular weight is 590 g/mol. The van der Waals surface area contributed by atoms with Crippen molar-refractivity contribution in [3.05, 3.63) is 138 Å². The van der Waals surface area contributed by atoms with Gasteiger partial charge in [0, 0.05) is 32.4 Å². The lowest BCUT2D eigenvalue weighted by atomic mass is 9.86. The number of nitrogens with one attached hydrogen (secondary N) is 1. The van der Waals surface area contributed by atoms with Crippen LogP contribution >= 0.6 is 0 Å². The van der Waals surface area contributed by atoms with Gasteiger partial charge < -0.3 is 14.5 Å². The zero-order valence-electron chi connectivity index (χ0n) is 24.1. The van der Waals surface area contributed by atoms with Crippen molar-refractivity contribution in [1.82, 2.24) is 10.2 Å². The van der Waals surface area contributed by atoms with Crippen molar-refractivity contribution in [1.29, 1.82) is 0 Å². The molecule has 1 amide bonds. The van der Waals surface area contributed by atoms with Crippen LogP contribution in [0, 0.1) is 0 Å². The standard InChI is InChI=1S/C34H34F3N3O3/c1-39(25-31(41)43-2)32(42)33(34(35,36)37,38-22-26-12-6-3-7-13-26)29-18-20-30(21-19-29)40(23-27-14-8-4-9-15-27)24-28-16-10-5-11-17-28/h3-21,38H,22-25H2,1-2H3. The molecule has 4 aromatic rings. The minimum atomic E-state index is -5.06. The van der Waals surface area contributed by atoms with Crippen LogP contribution in [0.15, 0.2) is 115 Å². The minimum absolute atomic E-state index is 0.242. The van der Waals surface area contributed by atoms with Crippen LogP contribution in [0.5, 0.6) is 0 Å². The van der Waals surface area contributed by atoms with E-state index in [4.69, 9.17) is 0 Å². The predicted octanol–water partition coefficient (Wildman–Crippen LogP) is 6.07. The smallest absolute Gasteiger partial charge is 0.419 e. The van der Waals surface area contributed by atoms with Crippen molar-refractivity contribution >= 4 is 17.6 Å². The van der Waals surface area contributed by atoms with E-state index in [0.717, 1.165) is 30.2 Å². The number of carbonyl (C=O) groups excluding carboxylic acids is 2. The fourth-order valence-corrected chi connectivity index (χ4v) is 4.90. The first-order valence-corrected chi connectivity index (χ1v) is 13.8. The second-order valence-electron chi connectivity index (χ2n) is 10.2. The lowest BCUT2D eigenvalue weighted by molar-refractivity contribution is -0.209. The molecule has 0 aliphatic heterocycles. The van der Waals surface area contributed by atoms with Crippen molar-refractivity contribution in [3.63, 3.8) is 0 Å². The molecule has 1 N–H and O–H groups in total. The quantitative estimate of drug-likeness (QED) is 0.203. The summed E-state index contributed by atoms with van der Waals surface area (Å²) in [5.74, 6) is -2.15. The fourth-order valence-electron chi connectivity index (χ4n) is 4.90. The van der Waals surface area contributed by atoms with Crippen LogP contribution in [-0.4, -0.2) is 43.7 Å². The number of alkyl halides is 3. The van der Waals surface area contributed by atoms with Crippen LogP contribution in [0.25, 0.3) is 0 Å². The van der Waals surface area contributed by atoms with Gasteiger partial charge in [-0.2, -0.15) is 13.2 Å². The maximum atomic E-state index is 15.2. The van der Waals surface area contributed by atoms with E-state index in [2.05, 4.69) is 15.0 Å². The summed E-state index contributed by atoms with van der Waals surface area (Å²) in [5, 5.41) is 2.52. The summed E-state index contributed by atoms with van der Waals surface area (Å²) in [4.78, 5) is 28.4. The van der Waals surface area contributed by atoms with Crippen LogP contribution in [0.3, 0.4) is 0 Å². The number of methoxy groups -OCH3 is 1. The topological polar surface area (TPSA) is 61.9 Å². The molecule has 6 nitrogen and oxygen atoms in total. The van der Waals surface area contributed by atoms with Gasteiger partial charge in [0.1, 0.15) is 6.54 Å². The Balaban J connectivity index is 1.75. The molecular weight excluding hydrogens is 555 g/mol. The van der Waals surface area contributed by atoms with E-state index in [9.17, 15) is 9.59 Å². The third-order valence-electron chi connectivity index (χ3n) is 7.19. The van der Waals surface area contributed by atoms with Crippen molar-refractivity contribution in [2.75, 3.05) is 25.6 Å². The number of esters is 1. The lowest BCUT2D eigenvalue weighted by Gasteiger charge is -2.38. The van der Waals surface area contributed by atoms with E-state index in [0.29, 0.717) is 24.3 Å². The van der Waals surface area contributed by atoms with E-state index in [1.807, 2.05) is 60.7 Å². The molecule has 0 aliphatic rings. The Hall–Kier alpha value is -4.63. The van der Waals surface area contributed by atoms with Gasteiger partial charge in [-0.25, -0.2) is 0 Å². The number of hydrogen-bond acceptors (Lipinski definition) is 5. The molecule has 0 saturated heterocycles. The van der Waals surface area contributed by atoms with Gasteiger partial charge in [0.25, 0.3) is 5.91 Å². The molecule has 9 heteroatoms. The lowest BCUT2D eigenvalue weighted by Crippen LogP contribution is -2.63. The highest BCUT2D eigenvalue weighted by atomic mass is 19.4. The second-order valence-corrected chi connectivity index (χ2v) is 10.2. The highest BCUT2D eigenvalue weighted by Gasteiger charge is 2.62. The van der Waals surface area contributed by atoms with Crippen LogP contribution in [0.1, 0.15) is 22.3 Å². The van der Waals surface area contributed by atoms with Gasteiger partial charge in [0.15, 0.2) is 0 Å². The number of ether oxygens (including phenoxy) is 1. The zero-order valence-corrected chi connectivity index (χ0v) is 24.1. The molecule has 4 rings (SSSR count). The molecule has 0 heterocycles. The highest BCUT2D eigenvalue weighted by molar-refractivity contribution is 5.91. The minimum Gasteiger partial charge on any atom is -0.468 e. The second kappa shape index (κ2) is 14.0. The zero-order chi connectivity index (χ0) is 30.9. The van der Waals surface area contributed by atoms with E-state index >= 15 is 13.2 Å². The van der Waals surface area contributed by atoms with Crippen LogP contribution in [-0.2, 0) is 39.5 Å². The molecule has 0 spiro atoms. The molecule has 1 atom stereocenters. The summed E-state index contributed by atoms with van der Waals surface area (Å²) in [6.07, 6.45) is -5.06. The van der Waals surface area contributed by atoms with Gasteiger partial charge in [-0.1, -0.05) is 103 Å². The number of likely N-dealkylation sites (N-methyl/N-ethyl adjacent to an activating group) is 1. The van der Waals surface area contributed by atoms with Gasteiger partial charge >= 0.3 is 12.1 Å². The first-order valence-electron chi connectivity index (χ1n) is 13.8. The number of nitrogens with zero attached hydrogens (tertiary/aromatic N) is 2. The summed E-state index contributed by atoms with van der Waals surface area (Å²) >= 11 is 0. The number of benzene rings is 4. The monoisotopic (exact) mass is 589 g/mol. The number of carbonyl (C=O) groups is 2. The summed E-state index contributed by atoms with van der Waals surface area (Å²) in [5.41, 5.74) is -0.0965. The summed E-state index contributed by atoms with van der Waals surface area (Å²) in [6.45, 7) is 0.160. The molecule has 0 aliphatic carbocycles. The van der Waals surface area contributed by atoms with Crippen molar-refractivity contribution < 1.29 is 27.5 Å². The van der Waals surface area contributed by atoms with Gasteiger partial charge in [0.2, 0.25) is 5.54 Å². The van der Waals surface area contributed by atoms with Crippen LogP contribution < -0.4 is 10.2 Å². The summed E-state index contributed by atoms with van der Waals surface area (Å²) in [6, 6.07) is 33.9. The molecule has 0 bridgehead atoms. The first kappa shape index (κ1) is 31.3. The molecule has 4 aromatic carbocycles. The molecule has 0 saturated carbocycles. The van der Waals surface area contributed by atoms with E-state index in [1.165, 1.54) is 12.1 Å². The van der Waals surface area contributed by atoms with Gasteiger partial charge in [-0.3, -0.25) is 14.9 Å². The van der Waals surface area contributed by atoms with E-state index < -0.39 is 30.1 Å². The maximum absolute atomic E-state index is 15.2. The van der Waals surface area contributed by atoms with Gasteiger partial charge in [-0.05, 0) is 34.4 Å². The van der Waals surface area contributed by atoms with Crippen molar-refractivity contribution in [2.24, 2.45) is 0 Å². The Kier molecular flexibility index (Phi) is 10.2. The number of rotatable bonds is 12. The van der Waals surface area contributed by atoms with Crippen LogP contribution in [0.4, 0.5) is 18.9 Å². The number of hydrogen-bond donors (Lipinski definition) is 1. The Morgan fingerprint density at radius 1 is 0.721 bits per heavy atom. The largest absolute Gasteiger partial charge is 0.468 e. The number of halogens is 3. The Bertz CT molecular complexity index is 1430. The van der Waals surface area contributed by atoms with E-state index in [1.54, 1.807) is 42.5 Å². The third kappa shape index (κ3) is 7.61. The fraction of sp³-hybridized carbons (Fsp3) is 0.235. The molecular formula is C34H34F3N3O3. The molecule has 43 heavy (non-hydrogen) atoms. The molecule has 0 fully saturated rings. The molecule has 0 radical (unpaired) electrons. The van der Waals surface area contributed by atoms with Gasteiger partial charge in [0.05, 0.1) is 7.11 Å². The molecule has 0 aromatic heterocycles. The highest BCUT2D eigenvalue weighted by Crippen LogP contribution is 2.41. The summed E-state index contributed by atoms with van der Waals surface area (Å²) < 4.78 is 50.2. The van der Waals surface area contributed by atoms with Crippen molar-refractivity contribution in [2.45, 2.75) is 31.3 Å². The average Bonchev–Trinajstić information content (AvgIpc) is 3.02. The van der Waals surface area contributed by atoms with E-state index in [-0.39, 0.29) is 12.1 Å². The first-order chi connectivity index (χ1) is 20.6. The number of amides is 1. The third-order valence-corrected chi connectivity index (χ3v) is 7.19. The Morgan fingerprint density at radius 2 is 1.19 bits per heavy atom. The summed E-state index contributed by atoms with van der Waals surface area (Å²) in [7, 11) is 2.26. The predicted molar refractivity (Wildman–Crippen MR) is 160 cm³/mol.